The molecular weight excluding hydrogens is 262 g/mol. The highest BCUT2D eigenvalue weighted by Crippen LogP contribution is 2.25. The van der Waals surface area contributed by atoms with Gasteiger partial charge < -0.3 is 9.64 Å². The summed E-state index contributed by atoms with van der Waals surface area (Å²) in [5, 5.41) is 9.58. The fourth-order valence-electron chi connectivity index (χ4n) is 2.70. The van der Waals surface area contributed by atoms with Gasteiger partial charge in [-0.25, -0.2) is 0 Å². The van der Waals surface area contributed by atoms with Gasteiger partial charge in [-0.1, -0.05) is 26.0 Å². The molecule has 1 heterocycles. The molecule has 0 N–H and O–H groups in total. The van der Waals surface area contributed by atoms with Crippen LogP contribution in [-0.4, -0.2) is 49.1 Å². The number of nitriles is 1. The van der Waals surface area contributed by atoms with E-state index in [0.29, 0.717) is 0 Å². The monoisotopic (exact) mass is 287 g/mol. The van der Waals surface area contributed by atoms with Gasteiger partial charge in [-0.15, -0.1) is 0 Å². The van der Waals surface area contributed by atoms with Crippen molar-refractivity contribution in [1.29, 1.82) is 5.26 Å². The Morgan fingerprint density at radius 1 is 1.24 bits per heavy atom. The molecule has 1 aromatic carbocycles. The van der Waals surface area contributed by atoms with Gasteiger partial charge in [0, 0.05) is 26.2 Å². The molecule has 1 saturated heterocycles. The van der Waals surface area contributed by atoms with E-state index in [0.717, 1.165) is 57.1 Å². The van der Waals surface area contributed by atoms with Gasteiger partial charge in [0.25, 0.3) is 0 Å². The van der Waals surface area contributed by atoms with E-state index in [-0.39, 0.29) is 6.04 Å². The van der Waals surface area contributed by atoms with Crippen LogP contribution in [-0.2, 0) is 0 Å². The largest absolute Gasteiger partial charge is 0.494 e. The van der Waals surface area contributed by atoms with Crippen LogP contribution in [0.3, 0.4) is 0 Å². The molecular formula is C17H25N3O. The number of benzene rings is 1. The van der Waals surface area contributed by atoms with Gasteiger partial charge in [0.15, 0.2) is 0 Å². The molecule has 1 aliphatic heterocycles. The Bertz CT molecular complexity index is 475. The predicted molar refractivity (Wildman–Crippen MR) is 84.3 cm³/mol. The molecule has 1 unspecified atom stereocenters. The van der Waals surface area contributed by atoms with Gasteiger partial charge >= 0.3 is 0 Å². The lowest BCUT2D eigenvalue weighted by atomic mass is 10.1. The predicted octanol–water partition coefficient (Wildman–Crippen LogP) is 2.68. The molecule has 0 saturated carbocycles. The highest BCUT2D eigenvalue weighted by atomic mass is 16.5. The van der Waals surface area contributed by atoms with Crippen molar-refractivity contribution >= 4 is 0 Å². The fourth-order valence-corrected chi connectivity index (χ4v) is 2.70. The maximum atomic E-state index is 9.58. The zero-order chi connectivity index (χ0) is 15.1. The average molecular weight is 287 g/mol. The number of likely N-dealkylation sites (N-methyl/N-ethyl adjacent to an activating group) is 1. The van der Waals surface area contributed by atoms with Crippen LogP contribution in [0, 0.1) is 11.3 Å². The minimum atomic E-state index is -0.172. The Morgan fingerprint density at radius 2 is 2.00 bits per heavy atom. The van der Waals surface area contributed by atoms with Crippen LogP contribution in [0.25, 0.3) is 0 Å². The summed E-state index contributed by atoms with van der Waals surface area (Å²) in [4.78, 5) is 4.69. The number of nitrogens with zero attached hydrogens (tertiary/aromatic N) is 3. The SMILES string of the molecule is CCCOc1cccc(C(C#N)N2CCN(CC)CC2)c1. The molecule has 1 fully saturated rings. The van der Waals surface area contributed by atoms with Gasteiger partial charge in [0.2, 0.25) is 0 Å². The molecule has 21 heavy (non-hydrogen) atoms. The Balaban J connectivity index is 2.05. The molecule has 0 radical (unpaired) electrons. The average Bonchev–Trinajstić information content (AvgIpc) is 2.55. The normalized spacial score (nSPS) is 18.1. The maximum Gasteiger partial charge on any atom is 0.124 e. The summed E-state index contributed by atoms with van der Waals surface area (Å²) in [5.74, 6) is 0.863. The number of ether oxygens (including phenoxy) is 1. The molecule has 0 aliphatic carbocycles. The summed E-state index contributed by atoms with van der Waals surface area (Å²) in [6.45, 7) is 10.1. The Kier molecular flexibility index (Phi) is 6.04. The van der Waals surface area contributed by atoms with E-state index in [4.69, 9.17) is 4.74 Å². The minimum Gasteiger partial charge on any atom is -0.494 e. The molecule has 4 heteroatoms. The molecule has 4 nitrogen and oxygen atoms in total. The molecule has 0 spiro atoms. The maximum absolute atomic E-state index is 9.58. The first-order chi connectivity index (χ1) is 10.3. The van der Waals surface area contributed by atoms with Gasteiger partial charge in [-0.2, -0.15) is 5.26 Å². The van der Waals surface area contributed by atoms with Crippen LogP contribution in [0.5, 0.6) is 5.75 Å². The highest BCUT2D eigenvalue weighted by molar-refractivity contribution is 5.33. The molecule has 0 amide bonds. The third-order valence-corrected chi connectivity index (χ3v) is 3.99. The van der Waals surface area contributed by atoms with E-state index >= 15 is 0 Å². The van der Waals surface area contributed by atoms with Crippen LogP contribution in [0.15, 0.2) is 24.3 Å². The number of hydrogen-bond donors (Lipinski definition) is 0. The summed E-state index contributed by atoms with van der Waals surface area (Å²) >= 11 is 0. The first kappa shape index (κ1) is 15.8. The van der Waals surface area contributed by atoms with Crippen LogP contribution >= 0.6 is 0 Å². The standard InChI is InChI=1S/C17H25N3O/c1-3-12-21-16-7-5-6-15(13-16)17(14-18)20-10-8-19(4-2)9-11-20/h5-7,13,17H,3-4,8-12H2,1-2H3. The topological polar surface area (TPSA) is 39.5 Å². The highest BCUT2D eigenvalue weighted by Gasteiger charge is 2.24. The summed E-state index contributed by atoms with van der Waals surface area (Å²) in [7, 11) is 0. The minimum absolute atomic E-state index is 0.172. The van der Waals surface area contributed by atoms with Crippen molar-refractivity contribution in [2.75, 3.05) is 39.3 Å². The van der Waals surface area contributed by atoms with Crippen molar-refractivity contribution in [3.05, 3.63) is 29.8 Å². The number of hydrogen-bond acceptors (Lipinski definition) is 4. The fraction of sp³-hybridized carbons (Fsp3) is 0.588. The van der Waals surface area contributed by atoms with Crippen molar-refractivity contribution < 1.29 is 4.74 Å². The van der Waals surface area contributed by atoms with E-state index in [1.807, 2.05) is 24.3 Å². The lowest BCUT2D eigenvalue weighted by Gasteiger charge is -2.36. The van der Waals surface area contributed by atoms with Crippen LogP contribution in [0.1, 0.15) is 31.9 Å². The van der Waals surface area contributed by atoms with Gasteiger partial charge in [-0.3, -0.25) is 4.90 Å². The van der Waals surface area contributed by atoms with E-state index in [9.17, 15) is 5.26 Å². The van der Waals surface area contributed by atoms with Gasteiger partial charge in [-0.05, 0) is 30.7 Å². The quantitative estimate of drug-likeness (QED) is 0.806. The molecule has 2 rings (SSSR count). The van der Waals surface area contributed by atoms with Crippen LogP contribution < -0.4 is 4.74 Å². The first-order valence-electron chi connectivity index (χ1n) is 7.87. The number of rotatable bonds is 6. The van der Waals surface area contributed by atoms with Crippen molar-refractivity contribution in [3.8, 4) is 11.8 Å². The zero-order valence-electron chi connectivity index (χ0n) is 13.1. The summed E-state index contributed by atoms with van der Waals surface area (Å²) in [6, 6.07) is 10.3. The molecule has 1 atom stereocenters. The molecule has 1 aliphatic rings. The lowest BCUT2D eigenvalue weighted by molar-refractivity contribution is 0.118. The molecule has 0 aromatic heterocycles. The van der Waals surface area contributed by atoms with E-state index in [1.54, 1.807) is 0 Å². The third kappa shape index (κ3) is 4.20. The Labute approximate surface area is 127 Å². The molecule has 114 valence electrons. The number of piperazine rings is 1. The second-order valence-electron chi connectivity index (χ2n) is 5.42. The zero-order valence-corrected chi connectivity index (χ0v) is 13.1. The van der Waals surface area contributed by atoms with E-state index in [1.165, 1.54) is 0 Å². The smallest absolute Gasteiger partial charge is 0.124 e. The van der Waals surface area contributed by atoms with E-state index in [2.05, 4.69) is 29.7 Å². The van der Waals surface area contributed by atoms with Gasteiger partial charge in [0.05, 0.1) is 12.7 Å². The summed E-state index contributed by atoms with van der Waals surface area (Å²) in [6.07, 6.45) is 0.991. The van der Waals surface area contributed by atoms with Crippen molar-refractivity contribution in [2.24, 2.45) is 0 Å². The first-order valence-corrected chi connectivity index (χ1v) is 7.87. The molecule has 0 bridgehead atoms. The van der Waals surface area contributed by atoms with Crippen LogP contribution in [0.2, 0.25) is 0 Å². The molecule has 1 aromatic rings. The van der Waals surface area contributed by atoms with Gasteiger partial charge in [0.1, 0.15) is 11.8 Å². The lowest BCUT2D eigenvalue weighted by Crippen LogP contribution is -2.47. The second kappa shape index (κ2) is 8.02. The Morgan fingerprint density at radius 3 is 2.62 bits per heavy atom. The Hall–Kier alpha value is -1.57. The van der Waals surface area contributed by atoms with Crippen LogP contribution in [0.4, 0.5) is 0 Å². The third-order valence-electron chi connectivity index (χ3n) is 3.99. The van der Waals surface area contributed by atoms with Crippen molar-refractivity contribution in [1.82, 2.24) is 9.80 Å². The summed E-state index contributed by atoms with van der Waals surface area (Å²) < 4.78 is 5.68. The second-order valence-corrected chi connectivity index (χ2v) is 5.42. The summed E-state index contributed by atoms with van der Waals surface area (Å²) in [5.41, 5.74) is 1.04. The van der Waals surface area contributed by atoms with E-state index < -0.39 is 0 Å². The van der Waals surface area contributed by atoms with Crippen molar-refractivity contribution in [3.63, 3.8) is 0 Å². The van der Waals surface area contributed by atoms with Crippen molar-refractivity contribution in [2.45, 2.75) is 26.3 Å².